The van der Waals surface area contributed by atoms with Gasteiger partial charge in [-0.05, 0) is 55.0 Å². The van der Waals surface area contributed by atoms with Crippen LogP contribution in [0.3, 0.4) is 0 Å². The van der Waals surface area contributed by atoms with Gasteiger partial charge in [0.25, 0.3) is 10.0 Å². The molecule has 3 rings (SSSR count). The zero-order valence-electron chi connectivity index (χ0n) is 19.1. The molecule has 0 bridgehead atoms. The SMILES string of the molecule is COc1ccc(S(=O)(=O)N(CC(=O)NCCN(C)c2ccccc2)c2ccccc2)cc1C. The number of carbonyl (C=O) groups is 1. The van der Waals surface area contributed by atoms with E-state index < -0.39 is 10.0 Å². The lowest BCUT2D eigenvalue weighted by atomic mass is 10.2. The fourth-order valence-electron chi connectivity index (χ4n) is 3.41. The van der Waals surface area contributed by atoms with Gasteiger partial charge in [0.1, 0.15) is 12.3 Å². The van der Waals surface area contributed by atoms with Crippen molar-refractivity contribution in [1.29, 1.82) is 0 Å². The van der Waals surface area contributed by atoms with E-state index in [-0.39, 0.29) is 17.3 Å². The molecule has 3 aromatic carbocycles. The van der Waals surface area contributed by atoms with Gasteiger partial charge in [-0.25, -0.2) is 8.42 Å². The van der Waals surface area contributed by atoms with E-state index in [4.69, 9.17) is 4.74 Å². The van der Waals surface area contributed by atoms with Crippen LogP contribution < -0.4 is 19.3 Å². The zero-order valence-corrected chi connectivity index (χ0v) is 19.9. The van der Waals surface area contributed by atoms with Crippen LogP contribution in [0.1, 0.15) is 5.56 Å². The van der Waals surface area contributed by atoms with E-state index in [9.17, 15) is 13.2 Å². The number of hydrogen-bond acceptors (Lipinski definition) is 5. The Morgan fingerprint density at radius 2 is 1.55 bits per heavy atom. The third kappa shape index (κ3) is 6.04. The van der Waals surface area contributed by atoms with Gasteiger partial charge in [-0.15, -0.1) is 0 Å². The number of likely N-dealkylation sites (N-methyl/N-ethyl adjacent to an activating group) is 1. The van der Waals surface area contributed by atoms with Crippen molar-refractivity contribution in [2.24, 2.45) is 0 Å². The molecule has 0 aromatic heterocycles. The van der Waals surface area contributed by atoms with Crippen LogP contribution in [0, 0.1) is 6.92 Å². The second-order valence-corrected chi connectivity index (χ2v) is 9.45. The average Bonchev–Trinajstić information content (AvgIpc) is 2.83. The molecule has 0 saturated carbocycles. The first-order chi connectivity index (χ1) is 15.8. The Labute approximate surface area is 195 Å². The number of hydrogen-bond donors (Lipinski definition) is 1. The van der Waals surface area contributed by atoms with Gasteiger partial charge in [-0.3, -0.25) is 9.10 Å². The predicted molar refractivity (Wildman–Crippen MR) is 131 cm³/mol. The van der Waals surface area contributed by atoms with Crippen molar-refractivity contribution in [3.63, 3.8) is 0 Å². The third-order valence-electron chi connectivity index (χ3n) is 5.25. The second-order valence-electron chi connectivity index (χ2n) is 7.59. The summed E-state index contributed by atoms with van der Waals surface area (Å²) in [7, 11) is -0.502. The molecular weight excluding hydrogens is 438 g/mol. The molecule has 1 amide bonds. The molecule has 0 atom stereocenters. The summed E-state index contributed by atoms with van der Waals surface area (Å²) >= 11 is 0. The molecule has 33 heavy (non-hydrogen) atoms. The van der Waals surface area contributed by atoms with E-state index in [1.165, 1.54) is 13.2 Å². The molecule has 0 aliphatic heterocycles. The number of amides is 1. The molecule has 1 N–H and O–H groups in total. The highest BCUT2D eigenvalue weighted by molar-refractivity contribution is 7.92. The monoisotopic (exact) mass is 467 g/mol. The summed E-state index contributed by atoms with van der Waals surface area (Å²) in [5, 5.41) is 2.83. The molecule has 8 heteroatoms. The first-order valence-corrected chi connectivity index (χ1v) is 12.0. The summed E-state index contributed by atoms with van der Waals surface area (Å²) in [4.78, 5) is 14.9. The third-order valence-corrected chi connectivity index (χ3v) is 7.02. The summed E-state index contributed by atoms with van der Waals surface area (Å²) in [5.74, 6) is 0.217. The summed E-state index contributed by atoms with van der Waals surface area (Å²) < 4.78 is 33.3. The molecule has 0 spiro atoms. The highest BCUT2D eigenvalue weighted by Gasteiger charge is 2.27. The Balaban J connectivity index is 1.74. The van der Waals surface area contributed by atoms with E-state index in [2.05, 4.69) is 5.32 Å². The molecule has 0 saturated heterocycles. The number of sulfonamides is 1. The normalized spacial score (nSPS) is 11.0. The van der Waals surface area contributed by atoms with Crippen molar-refractivity contribution in [2.75, 3.05) is 43.0 Å². The van der Waals surface area contributed by atoms with Crippen LogP contribution in [0.2, 0.25) is 0 Å². The van der Waals surface area contributed by atoms with Gasteiger partial charge in [-0.1, -0.05) is 36.4 Å². The van der Waals surface area contributed by atoms with Crippen LogP contribution in [0.25, 0.3) is 0 Å². The number of methoxy groups -OCH3 is 1. The minimum Gasteiger partial charge on any atom is -0.496 e. The maximum absolute atomic E-state index is 13.5. The first kappa shape index (κ1) is 24.1. The highest BCUT2D eigenvalue weighted by atomic mass is 32.2. The fraction of sp³-hybridized carbons (Fsp3) is 0.240. The number of nitrogens with zero attached hydrogens (tertiary/aromatic N) is 2. The van der Waals surface area contributed by atoms with Crippen LogP contribution in [0.15, 0.2) is 83.8 Å². The Morgan fingerprint density at radius 1 is 0.939 bits per heavy atom. The molecule has 0 radical (unpaired) electrons. The number of ether oxygens (including phenoxy) is 1. The van der Waals surface area contributed by atoms with Crippen molar-refractivity contribution >= 4 is 27.3 Å². The molecule has 0 aliphatic carbocycles. The van der Waals surface area contributed by atoms with Crippen molar-refractivity contribution in [2.45, 2.75) is 11.8 Å². The van der Waals surface area contributed by atoms with Gasteiger partial charge < -0.3 is 15.0 Å². The van der Waals surface area contributed by atoms with Gasteiger partial charge in [0.2, 0.25) is 5.91 Å². The molecule has 0 aliphatic rings. The minimum absolute atomic E-state index is 0.0984. The van der Waals surface area contributed by atoms with E-state index in [0.717, 1.165) is 9.99 Å². The van der Waals surface area contributed by atoms with Crippen LogP contribution in [0.5, 0.6) is 5.75 Å². The first-order valence-electron chi connectivity index (χ1n) is 10.6. The van der Waals surface area contributed by atoms with Crippen molar-refractivity contribution in [3.8, 4) is 5.75 Å². The van der Waals surface area contributed by atoms with Crippen LogP contribution in [-0.4, -0.2) is 48.1 Å². The van der Waals surface area contributed by atoms with Gasteiger partial charge in [0, 0.05) is 25.8 Å². The van der Waals surface area contributed by atoms with Gasteiger partial charge in [0.05, 0.1) is 17.7 Å². The van der Waals surface area contributed by atoms with E-state index in [0.29, 0.717) is 30.1 Å². The van der Waals surface area contributed by atoms with Crippen LogP contribution in [0.4, 0.5) is 11.4 Å². The maximum atomic E-state index is 13.5. The number of benzene rings is 3. The fourth-order valence-corrected chi connectivity index (χ4v) is 4.92. The minimum atomic E-state index is -3.97. The van der Waals surface area contributed by atoms with E-state index >= 15 is 0 Å². The van der Waals surface area contributed by atoms with E-state index in [1.807, 2.05) is 42.3 Å². The van der Waals surface area contributed by atoms with Crippen LogP contribution >= 0.6 is 0 Å². The molecule has 0 heterocycles. The largest absolute Gasteiger partial charge is 0.496 e. The Kier molecular flexibility index (Phi) is 7.95. The van der Waals surface area contributed by atoms with Crippen molar-refractivity contribution < 1.29 is 17.9 Å². The molecule has 0 unspecified atom stereocenters. The summed E-state index contributed by atoms with van der Waals surface area (Å²) in [6.07, 6.45) is 0. The average molecular weight is 468 g/mol. The molecule has 174 valence electrons. The zero-order chi connectivity index (χ0) is 23.8. The lowest BCUT2D eigenvalue weighted by Gasteiger charge is -2.25. The summed E-state index contributed by atoms with van der Waals surface area (Å²) in [6.45, 7) is 2.42. The number of carbonyl (C=O) groups excluding carboxylic acids is 1. The number of para-hydroxylation sites is 2. The standard InChI is InChI=1S/C25H29N3O4S/c1-20-18-23(14-15-24(20)32-3)33(30,31)28(22-12-8-5-9-13-22)19-25(29)26-16-17-27(2)21-10-6-4-7-11-21/h4-15,18H,16-17,19H2,1-3H3,(H,26,29). The maximum Gasteiger partial charge on any atom is 0.264 e. The quantitative estimate of drug-likeness (QED) is 0.494. The predicted octanol–water partition coefficient (Wildman–Crippen LogP) is 3.45. The Bertz CT molecular complexity index is 1170. The summed E-state index contributed by atoms with van der Waals surface area (Å²) in [6, 6.07) is 23.1. The van der Waals surface area contributed by atoms with Crippen molar-refractivity contribution in [1.82, 2.24) is 5.32 Å². The number of anilines is 2. The number of rotatable bonds is 10. The molecule has 7 nitrogen and oxygen atoms in total. The van der Waals surface area contributed by atoms with Gasteiger partial charge in [-0.2, -0.15) is 0 Å². The Morgan fingerprint density at radius 3 is 2.12 bits per heavy atom. The summed E-state index contributed by atoms with van der Waals surface area (Å²) in [5.41, 5.74) is 2.15. The Hall–Kier alpha value is -3.52. The van der Waals surface area contributed by atoms with Crippen LogP contribution in [-0.2, 0) is 14.8 Å². The highest BCUT2D eigenvalue weighted by Crippen LogP contribution is 2.27. The lowest BCUT2D eigenvalue weighted by molar-refractivity contribution is -0.119. The number of aryl methyl sites for hydroxylation is 1. The van der Waals surface area contributed by atoms with E-state index in [1.54, 1.807) is 49.4 Å². The van der Waals surface area contributed by atoms with Gasteiger partial charge >= 0.3 is 0 Å². The molecular formula is C25H29N3O4S. The molecule has 3 aromatic rings. The molecule has 0 fully saturated rings. The van der Waals surface area contributed by atoms with Crippen molar-refractivity contribution in [3.05, 3.63) is 84.4 Å². The topological polar surface area (TPSA) is 79.0 Å². The second kappa shape index (κ2) is 10.9. The smallest absolute Gasteiger partial charge is 0.264 e. The lowest BCUT2D eigenvalue weighted by Crippen LogP contribution is -2.42. The van der Waals surface area contributed by atoms with Gasteiger partial charge in [0.15, 0.2) is 0 Å². The number of nitrogens with one attached hydrogen (secondary N) is 1.